The van der Waals surface area contributed by atoms with Crippen molar-refractivity contribution in [3.05, 3.63) is 36.5 Å². The number of amides is 1. The smallest absolute Gasteiger partial charge is 0.248 e. The largest absolute Gasteiger partial charge is 0.354 e. The summed E-state index contributed by atoms with van der Waals surface area (Å²) in [4.78, 5) is 12.9. The summed E-state index contributed by atoms with van der Waals surface area (Å²) in [5.41, 5.74) is 0.135. The Balaban J connectivity index is 1.45. The topological polar surface area (TPSA) is 103 Å². The Labute approximate surface area is 144 Å². The molecule has 3 aromatic rings. The molecule has 1 aliphatic rings. The molecular formula is C16H20N8O. The molecule has 1 saturated carbocycles. The van der Waals surface area contributed by atoms with E-state index in [-0.39, 0.29) is 5.91 Å². The normalized spacial score (nSPS) is 16.8. The van der Waals surface area contributed by atoms with Gasteiger partial charge in [-0.05, 0) is 35.4 Å². The number of fused-ring (bicyclic) bond motifs is 1. The minimum Gasteiger partial charge on any atom is -0.354 e. The fraction of sp³-hybridized carbons (Fsp3) is 0.500. The van der Waals surface area contributed by atoms with Crippen molar-refractivity contribution in [2.75, 3.05) is 6.54 Å². The molecule has 1 aliphatic carbocycles. The third-order valence-electron chi connectivity index (χ3n) is 4.91. The first kappa shape index (κ1) is 15.7. The number of carbonyl (C=O) groups is 1. The molecule has 0 saturated heterocycles. The monoisotopic (exact) mass is 340 g/mol. The Morgan fingerprint density at radius 2 is 2.08 bits per heavy atom. The average molecular weight is 340 g/mol. The van der Waals surface area contributed by atoms with E-state index < -0.39 is 5.54 Å². The Hall–Kier alpha value is -2.84. The summed E-state index contributed by atoms with van der Waals surface area (Å²) in [6.45, 7) is 0.498. The first-order chi connectivity index (χ1) is 12.3. The van der Waals surface area contributed by atoms with E-state index in [2.05, 4.69) is 31.0 Å². The molecule has 0 atom stereocenters. The number of nitrogens with one attached hydrogen (secondary N) is 1. The van der Waals surface area contributed by atoms with Crippen LogP contribution in [0.4, 0.5) is 0 Å². The molecule has 4 rings (SSSR count). The first-order valence-electron chi connectivity index (χ1n) is 8.60. The fourth-order valence-corrected chi connectivity index (χ4v) is 3.57. The predicted octanol–water partition coefficient (Wildman–Crippen LogP) is 0.734. The van der Waals surface area contributed by atoms with Crippen molar-refractivity contribution in [2.45, 2.75) is 44.1 Å². The highest BCUT2D eigenvalue weighted by Gasteiger charge is 2.42. The van der Waals surface area contributed by atoms with E-state index in [9.17, 15) is 4.79 Å². The van der Waals surface area contributed by atoms with Gasteiger partial charge in [0.15, 0.2) is 5.65 Å². The Kier molecular flexibility index (Phi) is 4.12. The highest BCUT2D eigenvalue weighted by molar-refractivity contribution is 5.84. The van der Waals surface area contributed by atoms with Crippen LogP contribution in [0.3, 0.4) is 0 Å². The molecule has 1 N–H and O–H groups in total. The van der Waals surface area contributed by atoms with Crippen molar-refractivity contribution in [3.63, 3.8) is 0 Å². The maximum absolute atomic E-state index is 12.9. The number of hydrogen-bond acceptors (Lipinski definition) is 6. The van der Waals surface area contributed by atoms with Gasteiger partial charge in [-0.25, -0.2) is 4.68 Å². The van der Waals surface area contributed by atoms with Crippen molar-refractivity contribution >= 4 is 11.6 Å². The van der Waals surface area contributed by atoms with Crippen molar-refractivity contribution in [1.29, 1.82) is 0 Å². The third-order valence-corrected chi connectivity index (χ3v) is 4.91. The van der Waals surface area contributed by atoms with E-state index >= 15 is 0 Å². The number of nitrogens with zero attached hydrogens (tertiary/aromatic N) is 7. The van der Waals surface area contributed by atoms with E-state index in [0.717, 1.165) is 43.6 Å². The van der Waals surface area contributed by atoms with Gasteiger partial charge < -0.3 is 5.32 Å². The lowest BCUT2D eigenvalue weighted by atomic mass is 9.81. The molecule has 9 nitrogen and oxygen atoms in total. The standard InChI is InChI=1S/C16H20N8O/c25-15(16(8-3-1-4-9-16)24-12-18-21-22-24)17-10-7-14-20-19-13-6-2-5-11-23(13)14/h2,5-6,11-12H,1,3-4,7-10H2,(H,17,25). The summed E-state index contributed by atoms with van der Waals surface area (Å²) in [5, 5.41) is 22.8. The van der Waals surface area contributed by atoms with Crippen LogP contribution in [-0.2, 0) is 16.8 Å². The summed E-state index contributed by atoms with van der Waals surface area (Å²) in [7, 11) is 0. The zero-order valence-electron chi connectivity index (χ0n) is 13.9. The molecule has 0 bridgehead atoms. The van der Waals surface area contributed by atoms with Crippen LogP contribution in [0.15, 0.2) is 30.7 Å². The zero-order chi connectivity index (χ0) is 17.1. The van der Waals surface area contributed by atoms with Crippen LogP contribution >= 0.6 is 0 Å². The molecule has 0 spiro atoms. The van der Waals surface area contributed by atoms with Gasteiger partial charge in [-0.3, -0.25) is 9.20 Å². The molecule has 9 heteroatoms. The average Bonchev–Trinajstić information content (AvgIpc) is 3.33. The number of tetrazole rings is 1. The van der Waals surface area contributed by atoms with Gasteiger partial charge in [-0.2, -0.15) is 0 Å². The lowest BCUT2D eigenvalue weighted by Gasteiger charge is -2.35. The van der Waals surface area contributed by atoms with Gasteiger partial charge in [0.1, 0.15) is 17.7 Å². The molecule has 3 aromatic heterocycles. The number of aromatic nitrogens is 7. The molecule has 25 heavy (non-hydrogen) atoms. The van der Waals surface area contributed by atoms with Crippen molar-refractivity contribution in [3.8, 4) is 0 Å². The SMILES string of the molecule is O=C(NCCc1nnc2ccccn12)C1(n2cnnn2)CCCCC1. The molecule has 3 heterocycles. The van der Waals surface area contributed by atoms with Crippen LogP contribution in [0.2, 0.25) is 0 Å². The molecule has 1 fully saturated rings. The molecular weight excluding hydrogens is 320 g/mol. The quantitative estimate of drug-likeness (QED) is 0.734. The van der Waals surface area contributed by atoms with E-state index in [4.69, 9.17) is 0 Å². The fourth-order valence-electron chi connectivity index (χ4n) is 3.57. The molecule has 0 aliphatic heterocycles. The first-order valence-corrected chi connectivity index (χ1v) is 8.60. The van der Waals surface area contributed by atoms with E-state index in [0.29, 0.717) is 13.0 Å². The molecule has 1 amide bonds. The van der Waals surface area contributed by atoms with Crippen LogP contribution in [-0.4, -0.2) is 47.3 Å². The Morgan fingerprint density at radius 3 is 2.88 bits per heavy atom. The summed E-state index contributed by atoms with van der Waals surface area (Å²) in [5.74, 6) is 0.810. The summed E-state index contributed by atoms with van der Waals surface area (Å²) in [6, 6.07) is 5.77. The maximum Gasteiger partial charge on any atom is 0.248 e. The van der Waals surface area contributed by atoms with E-state index in [1.54, 1.807) is 4.68 Å². The minimum atomic E-state index is -0.672. The van der Waals surface area contributed by atoms with Crippen molar-refractivity contribution < 1.29 is 4.79 Å². The molecule has 0 aromatic carbocycles. The van der Waals surface area contributed by atoms with E-state index in [1.807, 2.05) is 28.8 Å². The van der Waals surface area contributed by atoms with Gasteiger partial charge in [0.05, 0.1) is 0 Å². The van der Waals surface area contributed by atoms with Crippen LogP contribution in [0, 0.1) is 0 Å². The van der Waals surface area contributed by atoms with Crippen molar-refractivity contribution in [2.24, 2.45) is 0 Å². The second-order valence-electron chi connectivity index (χ2n) is 6.40. The van der Waals surface area contributed by atoms with Gasteiger partial charge in [0, 0.05) is 19.2 Å². The minimum absolute atomic E-state index is 0.0201. The molecule has 0 radical (unpaired) electrons. The van der Waals surface area contributed by atoms with Gasteiger partial charge in [-0.1, -0.05) is 25.3 Å². The zero-order valence-corrected chi connectivity index (χ0v) is 13.9. The van der Waals surface area contributed by atoms with Crippen LogP contribution in [0.1, 0.15) is 37.9 Å². The van der Waals surface area contributed by atoms with Gasteiger partial charge in [0.25, 0.3) is 0 Å². The lowest BCUT2D eigenvalue weighted by molar-refractivity contribution is -0.132. The lowest BCUT2D eigenvalue weighted by Crippen LogP contribution is -2.50. The maximum atomic E-state index is 12.9. The highest BCUT2D eigenvalue weighted by Crippen LogP contribution is 2.34. The van der Waals surface area contributed by atoms with Gasteiger partial charge >= 0.3 is 0 Å². The van der Waals surface area contributed by atoms with Crippen molar-refractivity contribution in [1.82, 2.24) is 40.1 Å². The summed E-state index contributed by atoms with van der Waals surface area (Å²) < 4.78 is 3.55. The number of rotatable bonds is 5. The van der Waals surface area contributed by atoms with Gasteiger partial charge in [-0.15, -0.1) is 15.3 Å². The van der Waals surface area contributed by atoms with Gasteiger partial charge in [0.2, 0.25) is 5.91 Å². The summed E-state index contributed by atoms with van der Waals surface area (Å²) in [6.07, 6.45) is 8.75. The number of pyridine rings is 1. The highest BCUT2D eigenvalue weighted by atomic mass is 16.2. The second-order valence-corrected chi connectivity index (χ2v) is 6.40. The van der Waals surface area contributed by atoms with E-state index in [1.165, 1.54) is 6.33 Å². The summed E-state index contributed by atoms with van der Waals surface area (Å²) >= 11 is 0. The van der Waals surface area contributed by atoms with Crippen LogP contribution in [0.25, 0.3) is 5.65 Å². The number of hydrogen-bond donors (Lipinski definition) is 1. The molecule has 0 unspecified atom stereocenters. The Morgan fingerprint density at radius 1 is 1.20 bits per heavy atom. The third kappa shape index (κ3) is 2.86. The Bertz CT molecular complexity index is 850. The number of carbonyl (C=O) groups excluding carboxylic acids is 1. The van der Waals surface area contributed by atoms with Crippen LogP contribution < -0.4 is 5.32 Å². The molecule has 130 valence electrons. The van der Waals surface area contributed by atoms with Crippen LogP contribution in [0.5, 0.6) is 0 Å². The predicted molar refractivity (Wildman–Crippen MR) is 88.6 cm³/mol. The second kappa shape index (κ2) is 6.58.